The number of ether oxygens (including phenoxy) is 4. The van der Waals surface area contributed by atoms with Gasteiger partial charge >= 0.3 is 5.97 Å². The molecule has 0 heterocycles. The molecule has 0 aliphatic carbocycles. The van der Waals surface area contributed by atoms with Crippen molar-refractivity contribution < 1.29 is 28.8 Å². The lowest BCUT2D eigenvalue weighted by molar-refractivity contribution is 0.0734. The molecule has 4 aromatic rings. The SMILES string of the molecule is CCCCCCCCCCCCOc1ccc(C(=O)Oc2ccc(N=Nc3ccc(N=Cc4ccc(OC)cc4O)cc3)c(OC)c2)cc1. The number of unbranched alkanes of at least 4 members (excludes halogenated alkanes) is 9. The summed E-state index contributed by atoms with van der Waals surface area (Å²) in [6.07, 6.45) is 14.4. The highest BCUT2D eigenvalue weighted by atomic mass is 16.5. The number of methoxy groups -OCH3 is 2. The minimum absolute atomic E-state index is 0.0808. The Bertz CT molecular complexity index is 1650. The van der Waals surface area contributed by atoms with E-state index in [4.69, 9.17) is 18.9 Å². The molecule has 0 saturated carbocycles. The number of carbonyl (C=O) groups is 1. The summed E-state index contributed by atoms with van der Waals surface area (Å²) in [6.45, 7) is 2.92. The van der Waals surface area contributed by atoms with Gasteiger partial charge in [-0.25, -0.2) is 4.79 Å². The van der Waals surface area contributed by atoms with Gasteiger partial charge < -0.3 is 24.1 Å². The van der Waals surface area contributed by atoms with E-state index in [2.05, 4.69) is 22.1 Å². The number of esters is 1. The maximum absolute atomic E-state index is 12.8. The molecule has 0 aromatic heterocycles. The molecular weight excluding hydrogens is 618 g/mol. The van der Waals surface area contributed by atoms with Crippen molar-refractivity contribution in [2.24, 2.45) is 15.2 Å². The second-order valence-corrected chi connectivity index (χ2v) is 11.7. The third kappa shape index (κ3) is 12.4. The van der Waals surface area contributed by atoms with Crippen LogP contribution >= 0.6 is 0 Å². The fourth-order valence-electron chi connectivity index (χ4n) is 5.06. The second kappa shape index (κ2) is 20.2. The van der Waals surface area contributed by atoms with Gasteiger partial charge in [0.05, 0.1) is 37.8 Å². The minimum Gasteiger partial charge on any atom is -0.507 e. The van der Waals surface area contributed by atoms with Gasteiger partial charge in [0.25, 0.3) is 0 Å². The lowest BCUT2D eigenvalue weighted by atomic mass is 10.1. The lowest BCUT2D eigenvalue weighted by Gasteiger charge is -2.09. The molecule has 0 atom stereocenters. The molecule has 0 spiro atoms. The Kier molecular flexibility index (Phi) is 15.1. The van der Waals surface area contributed by atoms with Crippen molar-refractivity contribution in [3.63, 3.8) is 0 Å². The van der Waals surface area contributed by atoms with Gasteiger partial charge in [0, 0.05) is 23.9 Å². The van der Waals surface area contributed by atoms with Crippen LogP contribution in [0.3, 0.4) is 0 Å². The van der Waals surface area contributed by atoms with Gasteiger partial charge in [-0.1, -0.05) is 64.7 Å². The summed E-state index contributed by atoms with van der Waals surface area (Å²) in [5.41, 5.74) is 2.76. The number of carbonyl (C=O) groups excluding carboxylic acids is 1. The predicted molar refractivity (Wildman–Crippen MR) is 194 cm³/mol. The third-order valence-electron chi connectivity index (χ3n) is 7.93. The highest BCUT2D eigenvalue weighted by molar-refractivity contribution is 5.91. The van der Waals surface area contributed by atoms with Crippen molar-refractivity contribution in [1.29, 1.82) is 0 Å². The number of phenols is 1. The van der Waals surface area contributed by atoms with Crippen molar-refractivity contribution in [2.45, 2.75) is 71.1 Å². The van der Waals surface area contributed by atoms with Crippen molar-refractivity contribution in [3.05, 3.63) is 96.1 Å². The zero-order valence-corrected chi connectivity index (χ0v) is 28.8. The first-order valence-corrected chi connectivity index (χ1v) is 17.0. The predicted octanol–water partition coefficient (Wildman–Crippen LogP) is 11.1. The van der Waals surface area contributed by atoms with E-state index in [0.717, 1.165) is 12.2 Å². The number of rotatable bonds is 20. The summed E-state index contributed by atoms with van der Waals surface area (Å²) in [5.74, 6) is 1.63. The quantitative estimate of drug-likeness (QED) is 0.0330. The summed E-state index contributed by atoms with van der Waals surface area (Å²) in [4.78, 5) is 17.2. The van der Waals surface area contributed by atoms with Gasteiger partial charge in [0.15, 0.2) is 0 Å². The maximum atomic E-state index is 12.8. The van der Waals surface area contributed by atoms with Crippen molar-refractivity contribution in [1.82, 2.24) is 0 Å². The van der Waals surface area contributed by atoms with Gasteiger partial charge in [0.2, 0.25) is 0 Å². The number of phenolic OH excluding ortho intramolecular Hbond substituents is 1. The van der Waals surface area contributed by atoms with Crippen LogP contribution in [0.25, 0.3) is 0 Å². The van der Waals surface area contributed by atoms with Crippen LogP contribution in [0, 0.1) is 0 Å². The molecule has 4 rings (SSSR count). The number of hydrogen-bond acceptors (Lipinski definition) is 9. The van der Waals surface area contributed by atoms with Gasteiger partial charge in [-0.2, -0.15) is 5.11 Å². The molecule has 9 nitrogen and oxygen atoms in total. The normalized spacial score (nSPS) is 11.2. The topological polar surface area (TPSA) is 111 Å². The largest absolute Gasteiger partial charge is 0.507 e. The van der Waals surface area contributed by atoms with Gasteiger partial charge in [-0.05, 0) is 79.2 Å². The third-order valence-corrected chi connectivity index (χ3v) is 7.93. The number of aliphatic imine (C=N–C) groups is 1. The molecule has 4 aromatic carbocycles. The Morgan fingerprint density at radius 3 is 1.96 bits per heavy atom. The Morgan fingerprint density at radius 1 is 0.673 bits per heavy atom. The minimum atomic E-state index is -0.484. The first-order valence-electron chi connectivity index (χ1n) is 17.0. The lowest BCUT2D eigenvalue weighted by Crippen LogP contribution is -2.08. The molecular formula is C40H47N3O6. The van der Waals surface area contributed by atoms with E-state index in [1.807, 2.05) is 0 Å². The molecule has 1 N–H and O–H groups in total. The molecule has 0 aliphatic rings. The first-order chi connectivity index (χ1) is 24.0. The fraction of sp³-hybridized carbons (Fsp3) is 0.350. The van der Waals surface area contributed by atoms with Crippen LogP contribution in [0.15, 0.2) is 100 Å². The van der Waals surface area contributed by atoms with E-state index >= 15 is 0 Å². The summed E-state index contributed by atoms with van der Waals surface area (Å²) in [7, 11) is 3.06. The van der Waals surface area contributed by atoms with Crippen LogP contribution in [0.2, 0.25) is 0 Å². The molecule has 0 bridgehead atoms. The van der Waals surface area contributed by atoms with Gasteiger partial charge in [0.1, 0.15) is 34.4 Å². The monoisotopic (exact) mass is 665 g/mol. The number of azo groups is 1. The number of aromatic hydroxyl groups is 1. The van der Waals surface area contributed by atoms with E-state index < -0.39 is 5.97 Å². The Balaban J connectivity index is 1.22. The number of benzene rings is 4. The number of hydrogen-bond donors (Lipinski definition) is 1. The molecule has 0 radical (unpaired) electrons. The van der Waals surface area contributed by atoms with Crippen LogP contribution in [0.1, 0.15) is 87.1 Å². The zero-order chi connectivity index (χ0) is 34.7. The van der Waals surface area contributed by atoms with E-state index in [0.29, 0.717) is 52.0 Å². The van der Waals surface area contributed by atoms with Crippen LogP contribution in [-0.2, 0) is 0 Å². The summed E-state index contributed by atoms with van der Waals surface area (Å²) in [6, 6.07) is 24.1. The van der Waals surface area contributed by atoms with Crippen molar-refractivity contribution >= 4 is 29.2 Å². The zero-order valence-electron chi connectivity index (χ0n) is 28.8. The Hall–Kier alpha value is -5.18. The maximum Gasteiger partial charge on any atom is 0.343 e. The molecule has 258 valence electrons. The molecule has 0 saturated heterocycles. The highest BCUT2D eigenvalue weighted by Crippen LogP contribution is 2.33. The van der Waals surface area contributed by atoms with E-state index in [1.54, 1.807) is 92.2 Å². The van der Waals surface area contributed by atoms with E-state index in [9.17, 15) is 9.90 Å². The summed E-state index contributed by atoms with van der Waals surface area (Å²) in [5, 5.41) is 18.7. The molecule has 0 fully saturated rings. The molecule has 0 aliphatic heterocycles. The average molecular weight is 666 g/mol. The Labute approximate surface area is 289 Å². The molecule has 49 heavy (non-hydrogen) atoms. The summed E-state index contributed by atoms with van der Waals surface area (Å²) >= 11 is 0. The summed E-state index contributed by atoms with van der Waals surface area (Å²) < 4.78 is 22.0. The second-order valence-electron chi connectivity index (χ2n) is 11.7. The average Bonchev–Trinajstić information content (AvgIpc) is 3.13. The standard InChI is InChI=1S/C40H47N3O6/c1-4-5-6-7-8-9-10-11-12-13-26-48-34-21-14-30(15-22-34)40(45)49-36-24-25-37(39(28-36)47-3)43-42-33-19-17-32(18-20-33)41-29-31-16-23-35(46-2)27-38(31)44/h14-25,27-29,44H,4-13,26H2,1-3H3. The fourth-order valence-corrected chi connectivity index (χ4v) is 5.06. The van der Waals surface area contributed by atoms with Gasteiger partial charge in [-0.15, -0.1) is 5.11 Å². The highest BCUT2D eigenvalue weighted by Gasteiger charge is 2.12. The molecule has 9 heteroatoms. The van der Waals surface area contributed by atoms with Crippen molar-refractivity contribution in [2.75, 3.05) is 20.8 Å². The molecule has 0 unspecified atom stereocenters. The van der Waals surface area contributed by atoms with Crippen LogP contribution in [0.4, 0.5) is 17.1 Å². The van der Waals surface area contributed by atoms with E-state index in [-0.39, 0.29) is 5.75 Å². The van der Waals surface area contributed by atoms with Crippen LogP contribution in [-0.4, -0.2) is 38.1 Å². The van der Waals surface area contributed by atoms with Crippen LogP contribution < -0.4 is 18.9 Å². The first kappa shape index (κ1) is 36.7. The molecule has 0 amide bonds. The van der Waals surface area contributed by atoms with Crippen molar-refractivity contribution in [3.8, 4) is 28.7 Å². The van der Waals surface area contributed by atoms with Gasteiger partial charge in [-0.3, -0.25) is 4.99 Å². The smallest absolute Gasteiger partial charge is 0.343 e. The van der Waals surface area contributed by atoms with Crippen LogP contribution in [0.5, 0.6) is 28.7 Å². The Morgan fingerprint density at radius 2 is 1.31 bits per heavy atom. The number of nitrogens with zero attached hydrogens (tertiary/aromatic N) is 3. The van der Waals surface area contributed by atoms with E-state index in [1.165, 1.54) is 71.0 Å².